The van der Waals surface area contributed by atoms with E-state index in [1.807, 2.05) is 18.0 Å². The third-order valence-corrected chi connectivity index (χ3v) is 4.47. The first kappa shape index (κ1) is 15.5. The molecule has 1 unspecified atom stereocenters. The Bertz CT molecular complexity index is 470. The second-order valence-corrected chi connectivity index (χ2v) is 6.59. The lowest BCUT2D eigenvalue weighted by Crippen LogP contribution is -2.39. The minimum Gasteiger partial charge on any atom is -0.341 e. The molecule has 0 bridgehead atoms. The lowest BCUT2D eigenvalue weighted by molar-refractivity contribution is -0.131. The van der Waals surface area contributed by atoms with Gasteiger partial charge in [-0.1, -0.05) is 28.4 Å². The standard InChI is InChI=1S/C16H23BrN2O/c1-12-6-7-14(17)9-13(12)11-19(2)16(20)10-15-5-3-4-8-18-15/h6-7,9,15,18H,3-5,8,10-11H2,1-2H3. The number of halogens is 1. The van der Waals surface area contributed by atoms with Crippen molar-refractivity contribution >= 4 is 21.8 Å². The second-order valence-electron chi connectivity index (χ2n) is 5.67. The highest BCUT2D eigenvalue weighted by atomic mass is 79.9. The van der Waals surface area contributed by atoms with Crippen molar-refractivity contribution in [3.05, 3.63) is 33.8 Å². The predicted molar refractivity (Wildman–Crippen MR) is 85.6 cm³/mol. The van der Waals surface area contributed by atoms with Crippen molar-refractivity contribution in [2.24, 2.45) is 0 Å². The van der Waals surface area contributed by atoms with Gasteiger partial charge in [0.1, 0.15) is 0 Å². The molecule has 1 aliphatic heterocycles. The Hall–Kier alpha value is -0.870. The average Bonchev–Trinajstić information content (AvgIpc) is 2.44. The van der Waals surface area contributed by atoms with Crippen LogP contribution in [0.4, 0.5) is 0 Å². The van der Waals surface area contributed by atoms with Gasteiger partial charge < -0.3 is 10.2 Å². The Morgan fingerprint density at radius 1 is 1.45 bits per heavy atom. The largest absolute Gasteiger partial charge is 0.341 e. The van der Waals surface area contributed by atoms with Crippen LogP contribution in [0.5, 0.6) is 0 Å². The minimum atomic E-state index is 0.226. The molecular weight excluding hydrogens is 316 g/mol. The number of nitrogens with one attached hydrogen (secondary N) is 1. The number of nitrogens with zero attached hydrogens (tertiary/aromatic N) is 1. The molecule has 1 atom stereocenters. The third-order valence-electron chi connectivity index (χ3n) is 3.98. The van der Waals surface area contributed by atoms with Crippen LogP contribution in [-0.4, -0.2) is 30.4 Å². The molecule has 1 aromatic carbocycles. The number of aryl methyl sites for hydroxylation is 1. The molecule has 1 aromatic rings. The van der Waals surface area contributed by atoms with Gasteiger partial charge in [-0.05, 0) is 49.6 Å². The van der Waals surface area contributed by atoms with Crippen molar-refractivity contribution in [1.82, 2.24) is 10.2 Å². The highest BCUT2D eigenvalue weighted by molar-refractivity contribution is 9.10. The van der Waals surface area contributed by atoms with E-state index < -0.39 is 0 Å². The van der Waals surface area contributed by atoms with E-state index in [9.17, 15) is 4.79 Å². The van der Waals surface area contributed by atoms with E-state index in [1.165, 1.54) is 24.0 Å². The summed E-state index contributed by atoms with van der Waals surface area (Å²) in [6, 6.07) is 6.58. The smallest absolute Gasteiger partial charge is 0.224 e. The number of benzene rings is 1. The van der Waals surface area contributed by atoms with Gasteiger partial charge in [0.2, 0.25) is 5.91 Å². The van der Waals surface area contributed by atoms with Crippen molar-refractivity contribution in [2.75, 3.05) is 13.6 Å². The first-order valence-electron chi connectivity index (χ1n) is 7.28. The highest BCUT2D eigenvalue weighted by Gasteiger charge is 2.19. The predicted octanol–water partition coefficient (Wildman–Crippen LogP) is 3.25. The molecule has 0 aromatic heterocycles. The van der Waals surface area contributed by atoms with Crippen LogP contribution in [0.1, 0.15) is 36.8 Å². The number of piperidine rings is 1. The van der Waals surface area contributed by atoms with E-state index in [4.69, 9.17) is 0 Å². The lowest BCUT2D eigenvalue weighted by Gasteiger charge is -2.26. The summed E-state index contributed by atoms with van der Waals surface area (Å²) in [6.45, 7) is 3.81. The average molecular weight is 339 g/mol. The molecule has 2 rings (SSSR count). The molecule has 0 aliphatic carbocycles. The van der Waals surface area contributed by atoms with Crippen LogP contribution in [-0.2, 0) is 11.3 Å². The summed E-state index contributed by atoms with van der Waals surface area (Å²) in [4.78, 5) is 14.1. The van der Waals surface area contributed by atoms with Crippen LogP contribution < -0.4 is 5.32 Å². The molecule has 1 aliphatic rings. The zero-order valence-electron chi connectivity index (χ0n) is 12.3. The number of hydrogen-bond donors (Lipinski definition) is 1. The van der Waals surface area contributed by atoms with Crippen molar-refractivity contribution in [3.63, 3.8) is 0 Å². The SMILES string of the molecule is Cc1ccc(Br)cc1CN(C)C(=O)CC1CCCCN1. The summed E-state index contributed by atoms with van der Waals surface area (Å²) >= 11 is 3.49. The van der Waals surface area contributed by atoms with Crippen LogP contribution >= 0.6 is 15.9 Å². The molecule has 1 heterocycles. The highest BCUT2D eigenvalue weighted by Crippen LogP contribution is 2.18. The number of carbonyl (C=O) groups is 1. The van der Waals surface area contributed by atoms with Gasteiger partial charge in [0.05, 0.1) is 0 Å². The molecule has 0 saturated carbocycles. The van der Waals surface area contributed by atoms with E-state index in [-0.39, 0.29) is 5.91 Å². The minimum absolute atomic E-state index is 0.226. The topological polar surface area (TPSA) is 32.3 Å². The van der Waals surface area contributed by atoms with E-state index >= 15 is 0 Å². The van der Waals surface area contributed by atoms with Crippen LogP contribution in [0.2, 0.25) is 0 Å². The maximum atomic E-state index is 12.3. The molecular formula is C16H23BrN2O. The summed E-state index contributed by atoms with van der Waals surface area (Å²) in [5, 5.41) is 3.43. The van der Waals surface area contributed by atoms with Crippen LogP contribution in [0.25, 0.3) is 0 Å². The van der Waals surface area contributed by atoms with Crippen molar-refractivity contribution in [1.29, 1.82) is 0 Å². The van der Waals surface area contributed by atoms with Gasteiger partial charge in [-0.3, -0.25) is 4.79 Å². The zero-order valence-corrected chi connectivity index (χ0v) is 13.9. The Kier molecular flexibility index (Phi) is 5.61. The summed E-state index contributed by atoms with van der Waals surface area (Å²) in [7, 11) is 1.89. The van der Waals surface area contributed by atoms with E-state index in [1.54, 1.807) is 0 Å². The molecule has 1 N–H and O–H groups in total. The summed E-state index contributed by atoms with van der Waals surface area (Å²) in [6.07, 6.45) is 4.20. The van der Waals surface area contributed by atoms with Gasteiger partial charge in [-0.15, -0.1) is 0 Å². The number of amides is 1. The second kappa shape index (κ2) is 7.23. The molecule has 110 valence electrons. The molecule has 1 fully saturated rings. The third kappa shape index (κ3) is 4.32. The molecule has 0 radical (unpaired) electrons. The summed E-state index contributed by atoms with van der Waals surface area (Å²) in [5.41, 5.74) is 2.43. The summed E-state index contributed by atoms with van der Waals surface area (Å²) in [5.74, 6) is 0.226. The number of hydrogen-bond acceptors (Lipinski definition) is 2. The van der Waals surface area contributed by atoms with Gasteiger partial charge in [-0.25, -0.2) is 0 Å². The Morgan fingerprint density at radius 3 is 2.95 bits per heavy atom. The van der Waals surface area contributed by atoms with Gasteiger partial charge in [0, 0.05) is 30.5 Å². The van der Waals surface area contributed by atoms with Gasteiger partial charge in [-0.2, -0.15) is 0 Å². The molecule has 4 heteroatoms. The fraction of sp³-hybridized carbons (Fsp3) is 0.562. The molecule has 1 saturated heterocycles. The quantitative estimate of drug-likeness (QED) is 0.913. The van der Waals surface area contributed by atoms with Gasteiger partial charge >= 0.3 is 0 Å². The van der Waals surface area contributed by atoms with E-state index in [0.29, 0.717) is 19.0 Å². The number of rotatable bonds is 4. The van der Waals surface area contributed by atoms with E-state index in [0.717, 1.165) is 17.4 Å². The Morgan fingerprint density at radius 2 is 2.25 bits per heavy atom. The zero-order chi connectivity index (χ0) is 14.5. The normalized spacial score (nSPS) is 18.9. The molecule has 20 heavy (non-hydrogen) atoms. The molecule has 0 spiro atoms. The Balaban J connectivity index is 1.91. The van der Waals surface area contributed by atoms with Crippen molar-refractivity contribution in [2.45, 2.75) is 45.2 Å². The van der Waals surface area contributed by atoms with Gasteiger partial charge in [0.25, 0.3) is 0 Å². The summed E-state index contributed by atoms with van der Waals surface area (Å²) < 4.78 is 1.06. The fourth-order valence-electron chi connectivity index (χ4n) is 2.62. The maximum absolute atomic E-state index is 12.3. The molecule has 1 amide bonds. The van der Waals surface area contributed by atoms with Crippen LogP contribution in [0.3, 0.4) is 0 Å². The van der Waals surface area contributed by atoms with E-state index in [2.05, 4.69) is 40.3 Å². The van der Waals surface area contributed by atoms with Gasteiger partial charge in [0.15, 0.2) is 0 Å². The van der Waals surface area contributed by atoms with Crippen molar-refractivity contribution in [3.8, 4) is 0 Å². The van der Waals surface area contributed by atoms with Crippen molar-refractivity contribution < 1.29 is 4.79 Å². The number of carbonyl (C=O) groups excluding carboxylic acids is 1. The molecule has 3 nitrogen and oxygen atoms in total. The fourth-order valence-corrected chi connectivity index (χ4v) is 3.03. The maximum Gasteiger partial charge on any atom is 0.224 e. The van der Waals surface area contributed by atoms with Crippen LogP contribution in [0, 0.1) is 6.92 Å². The first-order chi connectivity index (χ1) is 9.56. The monoisotopic (exact) mass is 338 g/mol. The Labute approximate surface area is 129 Å². The first-order valence-corrected chi connectivity index (χ1v) is 8.08. The van der Waals surface area contributed by atoms with Crippen LogP contribution in [0.15, 0.2) is 22.7 Å². The lowest BCUT2D eigenvalue weighted by atomic mass is 10.0.